The molecule has 0 aromatic rings. The minimum absolute atomic E-state index is 0.120. The van der Waals surface area contributed by atoms with E-state index in [2.05, 4.69) is 0 Å². The van der Waals surface area contributed by atoms with Crippen molar-refractivity contribution in [3.05, 3.63) is 0 Å². The number of hydrogen-bond acceptors (Lipinski definition) is 0. The van der Waals surface area contributed by atoms with Gasteiger partial charge in [0.05, 0.1) is 15.6 Å². The Kier molecular flexibility index (Phi) is 6.36. The van der Waals surface area contributed by atoms with Crippen molar-refractivity contribution < 1.29 is 0 Å². The van der Waals surface area contributed by atoms with E-state index in [1.807, 2.05) is 13.8 Å². The monoisotopic (exact) mass is 250 g/mol. The molecule has 74 valence electrons. The van der Waals surface area contributed by atoms with E-state index in [1.165, 1.54) is 0 Å². The molecule has 0 heterocycles. The molecule has 0 fully saturated rings. The van der Waals surface area contributed by atoms with Crippen LogP contribution in [0.3, 0.4) is 0 Å². The van der Waals surface area contributed by atoms with Crippen molar-refractivity contribution >= 4 is 46.4 Å². The fourth-order valence-electron chi connectivity index (χ4n) is 0.788. The van der Waals surface area contributed by atoms with E-state index in [1.54, 1.807) is 0 Å². The van der Waals surface area contributed by atoms with Gasteiger partial charge in [-0.3, -0.25) is 0 Å². The molecule has 0 radical (unpaired) electrons. The van der Waals surface area contributed by atoms with Crippen molar-refractivity contribution in [1.82, 2.24) is 0 Å². The number of alkyl halides is 4. The van der Waals surface area contributed by atoms with Gasteiger partial charge in [-0.15, -0.1) is 46.4 Å². The van der Waals surface area contributed by atoms with Crippen molar-refractivity contribution in [2.45, 2.75) is 42.3 Å². The summed E-state index contributed by atoms with van der Waals surface area (Å²) in [6.07, 6.45) is 1.68. The predicted molar refractivity (Wildman–Crippen MR) is 59.2 cm³/mol. The molecule has 3 unspecified atom stereocenters. The summed E-state index contributed by atoms with van der Waals surface area (Å²) in [5.41, 5.74) is 0. The van der Waals surface area contributed by atoms with Crippen LogP contribution in [0.4, 0.5) is 0 Å². The molecule has 0 spiro atoms. The molecule has 4 heteroatoms. The molecule has 0 amide bonds. The van der Waals surface area contributed by atoms with E-state index in [0.29, 0.717) is 5.88 Å². The maximum absolute atomic E-state index is 6.15. The first-order valence-electron chi connectivity index (χ1n) is 3.96. The van der Waals surface area contributed by atoms with E-state index in [-0.39, 0.29) is 10.8 Å². The molecule has 0 aliphatic carbocycles. The second-order valence-corrected chi connectivity index (χ2v) is 5.44. The summed E-state index contributed by atoms with van der Waals surface area (Å²) in [5.74, 6) is 0.618. The van der Waals surface area contributed by atoms with Gasteiger partial charge in [-0.1, -0.05) is 0 Å². The molecule has 0 aliphatic heterocycles. The van der Waals surface area contributed by atoms with Crippen molar-refractivity contribution in [3.63, 3.8) is 0 Å². The molecule has 0 N–H and O–H groups in total. The van der Waals surface area contributed by atoms with Crippen molar-refractivity contribution in [2.24, 2.45) is 0 Å². The van der Waals surface area contributed by atoms with Gasteiger partial charge in [0.15, 0.2) is 0 Å². The van der Waals surface area contributed by atoms with Crippen LogP contribution in [0, 0.1) is 0 Å². The molecule has 0 aliphatic rings. The van der Waals surface area contributed by atoms with Gasteiger partial charge in [-0.2, -0.15) is 0 Å². The van der Waals surface area contributed by atoms with E-state index in [4.69, 9.17) is 46.4 Å². The van der Waals surface area contributed by atoms with Crippen LogP contribution in [-0.4, -0.2) is 21.5 Å². The Labute approximate surface area is 94.5 Å². The highest BCUT2D eigenvalue weighted by Crippen LogP contribution is 2.33. The molecule has 0 bridgehead atoms. The number of hydrogen-bond donors (Lipinski definition) is 0. The predicted octanol–water partition coefficient (Wildman–Crippen LogP) is 4.24. The largest absolute Gasteiger partial charge is 0.127 e. The number of rotatable bonds is 5. The third-order valence-electron chi connectivity index (χ3n) is 1.98. The summed E-state index contributed by atoms with van der Waals surface area (Å²) in [6.45, 7) is 3.71. The van der Waals surface area contributed by atoms with E-state index >= 15 is 0 Å². The van der Waals surface area contributed by atoms with Crippen molar-refractivity contribution in [1.29, 1.82) is 0 Å². The van der Waals surface area contributed by atoms with Gasteiger partial charge < -0.3 is 0 Å². The molecular weight excluding hydrogens is 238 g/mol. The molecule has 0 aromatic heterocycles. The molecule has 0 nitrogen and oxygen atoms in total. The van der Waals surface area contributed by atoms with Gasteiger partial charge in [0.2, 0.25) is 0 Å². The second kappa shape index (κ2) is 5.80. The Morgan fingerprint density at radius 2 is 1.83 bits per heavy atom. The van der Waals surface area contributed by atoms with Gasteiger partial charge in [0, 0.05) is 5.88 Å². The van der Waals surface area contributed by atoms with Gasteiger partial charge in [0.1, 0.15) is 0 Å². The summed E-state index contributed by atoms with van der Waals surface area (Å²) in [4.78, 5) is -0.546. The van der Waals surface area contributed by atoms with Gasteiger partial charge in [-0.05, 0) is 26.7 Å². The Morgan fingerprint density at radius 1 is 1.33 bits per heavy atom. The zero-order chi connectivity index (χ0) is 9.78. The first kappa shape index (κ1) is 13.2. The lowest BCUT2D eigenvalue weighted by atomic mass is 10.00. The zero-order valence-corrected chi connectivity index (χ0v) is 10.3. The highest BCUT2D eigenvalue weighted by molar-refractivity contribution is 6.37. The van der Waals surface area contributed by atoms with Gasteiger partial charge >= 0.3 is 0 Å². The summed E-state index contributed by atoms with van der Waals surface area (Å²) >= 11 is 23.7. The maximum Gasteiger partial charge on any atom is 0.0741 e. The van der Waals surface area contributed by atoms with Crippen LogP contribution in [0.1, 0.15) is 26.7 Å². The van der Waals surface area contributed by atoms with E-state index in [0.717, 1.165) is 12.8 Å². The Hall–Kier alpha value is 1.16. The summed E-state index contributed by atoms with van der Waals surface area (Å²) in [5, 5.41) is -0.262. The van der Waals surface area contributed by atoms with Crippen LogP contribution in [0.25, 0.3) is 0 Å². The van der Waals surface area contributed by atoms with Crippen LogP contribution in [0.15, 0.2) is 0 Å². The summed E-state index contributed by atoms with van der Waals surface area (Å²) in [7, 11) is 0. The maximum atomic E-state index is 6.15. The second-order valence-electron chi connectivity index (χ2n) is 3.07. The minimum Gasteiger partial charge on any atom is -0.127 e. The Morgan fingerprint density at radius 3 is 2.17 bits per heavy atom. The smallest absolute Gasteiger partial charge is 0.0741 e. The van der Waals surface area contributed by atoms with E-state index < -0.39 is 4.87 Å². The lowest BCUT2D eigenvalue weighted by Gasteiger charge is -2.29. The van der Waals surface area contributed by atoms with Crippen LogP contribution in [0.5, 0.6) is 0 Å². The summed E-state index contributed by atoms with van der Waals surface area (Å²) in [6, 6.07) is 0. The SMILES string of the molecule is CC(Cl)C(C)(Cl)C(Cl)CCCCl. The normalized spacial score (nSPS) is 21.5. The van der Waals surface area contributed by atoms with Crippen LogP contribution in [-0.2, 0) is 0 Å². The lowest BCUT2D eigenvalue weighted by molar-refractivity contribution is 0.543. The Balaban J connectivity index is 3.97. The van der Waals surface area contributed by atoms with Gasteiger partial charge in [-0.25, -0.2) is 0 Å². The highest BCUT2D eigenvalue weighted by Gasteiger charge is 2.34. The zero-order valence-electron chi connectivity index (χ0n) is 7.29. The molecular formula is C8H14Cl4. The van der Waals surface area contributed by atoms with E-state index in [9.17, 15) is 0 Å². The first-order chi connectivity index (χ1) is 5.42. The molecule has 0 saturated carbocycles. The van der Waals surface area contributed by atoms with Gasteiger partial charge in [0.25, 0.3) is 0 Å². The Bertz CT molecular complexity index is 122. The highest BCUT2D eigenvalue weighted by atomic mass is 35.5. The average molecular weight is 252 g/mol. The summed E-state index contributed by atoms with van der Waals surface area (Å²) < 4.78 is 0. The fourth-order valence-corrected chi connectivity index (χ4v) is 1.61. The van der Waals surface area contributed by atoms with Crippen molar-refractivity contribution in [2.75, 3.05) is 5.88 Å². The average Bonchev–Trinajstić information content (AvgIpc) is 1.99. The van der Waals surface area contributed by atoms with Crippen LogP contribution >= 0.6 is 46.4 Å². The molecule has 0 aromatic carbocycles. The minimum atomic E-state index is -0.546. The molecule has 0 saturated heterocycles. The van der Waals surface area contributed by atoms with Crippen LogP contribution in [0.2, 0.25) is 0 Å². The number of halogens is 4. The third-order valence-corrected chi connectivity index (χ3v) is 4.19. The quantitative estimate of drug-likeness (QED) is 0.642. The lowest BCUT2D eigenvalue weighted by Crippen LogP contribution is -2.37. The fraction of sp³-hybridized carbons (Fsp3) is 1.00. The standard InChI is InChI=1S/C8H14Cl4/c1-6(10)8(2,12)7(11)4-3-5-9/h6-7H,3-5H2,1-2H3. The molecule has 0 rings (SSSR count). The van der Waals surface area contributed by atoms with Crippen molar-refractivity contribution in [3.8, 4) is 0 Å². The first-order valence-corrected chi connectivity index (χ1v) is 5.74. The third kappa shape index (κ3) is 3.91. The molecule has 12 heavy (non-hydrogen) atoms. The van der Waals surface area contributed by atoms with Crippen LogP contribution < -0.4 is 0 Å². The molecule has 3 atom stereocenters. The topological polar surface area (TPSA) is 0 Å².